The van der Waals surface area contributed by atoms with Gasteiger partial charge in [-0.15, -0.1) is 0 Å². The number of carbonyl (C=O) groups is 1. The molecule has 1 aromatic heterocycles. The smallest absolute Gasteiger partial charge is 0.341 e. The molecule has 1 atom stereocenters. The Morgan fingerprint density at radius 2 is 2.41 bits per heavy atom. The van der Waals surface area contributed by atoms with E-state index in [0.717, 1.165) is 5.56 Å². The summed E-state index contributed by atoms with van der Waals surface area (Å²) in [4.78, 5) is 15.7. The maximum Gasteiger partial charge on any atom is 0.341 e. The first-order chi connectivity index (χ1) is 8.08. The Hall–Kier alpha value is -2.09. The van der Waals surface area contributed by atoms with Crippen molar-refractivity contribution in [3.63, 3.8) is 0 Å². The molecule has 1 aromatic rings. The predicted octanol–water partition coefficient (Wildman–Crippen LogP) is 1.89. The van der Waals surface area contributed by atoms with Crippen LogP contribution in [0.15, 0.2) is 12.3 Å². The zero-order chi connectivity index (χ0) is 12.8. The standard InChI is InChI=1S/C12H15N3O2/c1-8-6-10(12(16)17-3)11(14-7-8)15-9(2)4-5-13/h6-7,9H,4H2,1-3H3,(H,14,15)/t9-/m1/s1. The summed E-state index contributed by atoms with van der Waals surface area (Å²) in [7, 11) is 1.33. The van der Waals surface area contributed by atoms with Crippen LogP contribution in [0.4, 0.5) is 5.82 Å². The highest BCUT2D eigenvalue weighted by atomic mass is 16.5. The molecule has 0 aliphatic heterocycles. The van der Waals surface area contributed by atoms with E-state index in [9.17, 15) is 4.79 Å². The number of ether oxygens (including phenoxy) is 1. The fourth-order valence-electron chi connectivity index (χ4n) is 1.37. The van der Waals surface area contributed by atoms with Gasteiger partial charge in [0.2, 0.25) is 0 Å². The second-order valence-electron chi connectivity index (χ2n) is 3.81. The van der Waals surface area contributed by atoms with Crippen LogP contribution in [0.3, 0.4) is 0 Å². The molecule has 17 heavy (non-hydrogen) atoms. The number of carbonyl (C=O) groups excluding carboxylic acids is 1. The van der Waals surface area contributed by atoms with Crippen molar-refractivity contribution in [2.45, 2.75) is 26.3 Å². The topological polar surface area (TPSA) is 75.0 Å². The Kier molecular flexibility index (Phi) is 4.46. The van der Waals surface area contributed by atoms with Gasteiger partial charge in [0.1, 0.15) is 11.4 Å². The van der Waals surface area contributed by atoms with E-state index in [2.05, 4.69) is 21.1 Å². The molecule has 0 spiro atoms. The van der Waals surface area contributed by atoms with E-state index in [1.54, 1.807) is 12.3 Å². The molecule has 5 heteroatoms. The average Bonchev–Trinajstić information content (AvgIpc) is 2.30. The summed E-state index contributed by atoms with van der Waals surface area (Å²) in [6, 6.07) is 3.69. The Labute approximate surface area is 100 Å². The number of aromatic nitrogens is 1. The molecular weight excluding hydrogens is 218 g/mol. The van der Waals surface area contributed by atoms with Gasteiger partial charge < -0.3 is 10.1 Å². The number of pyridine rings is 1. The van der Waals surface area contributed by atoms with Crippen LogP contribution in [0.25, 0.3) is 0 Å². The predicted molar refractivity (Wildman–Crippen MR) is 63.6 cm³/mol. The summed E-state index contributed by atoms with van der Waals surface area (Å²) < 4.78 is 4.69. The lowest BCUT2D eigenvalue weighted by molar-refractivity contribution is 0.0601. The zero-order valence-corrected chi connectivity index (χ0v) is 10.2. The van der Waals surface area contributed by atoms with E-state index < -0.39 is 5.97 Å². The summed E-state index contributed by atoms with van der Waals surface area (Å²) in [5.74, 6) is 0.0121. The van der Waals surface area contributed by atoms with Gasteiger partial charge in [-0.25, -0.2) is 9.78 Å². The monoisotopic (exact) mass is 233 g/mol. The molecule has 0 fully saturated rings. The van der Waals surface area contributed by atoms with E-state index in [-0.39, 0.29) is 6.04 Å². The van der Waals surface area contributed by atoms with Crippen LogP contribution < -0.4 is 5.32 Å². The van der Waals surface area contributed by atoms with Gasteiger partial charge in [0, 0.05) is 12.2 Å². The highest BCUT2D eigenvalue weighted by molar-refractivity contribution is 5.94. The lowest BCUT2D eigenvalue weighted by Crippen LogP contribution is -2.18. The van der Waals surface area contributed by atoms with Crippen molar-refractivity contribution in [3.05, 3.63) is 23.4 Å². The summed E-state index contributed by atoms with van der Waals surface area (Å²) in [5, 5.41) is 11.6. The number of esters is 1. The molecule has 0 amide bonds. The van der Waals surface area contributed by atoms with E-state index in [0.29, 0.717) is 17.8 Å². The molecular formula is C12H15N3O2. The van der Waals surface area contributed by atoms with Crippen molar-refractivity contribution >= 4 is 11.8 Å². The molecule has 0 saturated carbocycles. The average molecular weight is 233 g/mol. The summed E-state index contributed by atoms with van der Waals surface area (Å²) >= 11 is 0. The van der Waals surface area contributed by atoms with Gasteiger partial charge in [0.25, 0.3) is 0 Å². The van der Waals surface area contributed by atoms with Crippen LogP contribution in [-0.2, 0) is 4.74 Å². The third-order valence-electron chi connectivity index (χ3n) is 2.21. The summed E-state index contributed by atoms with van der Waals surface area (Å²) in [5.41, 5.74) is 1.26. The quantitative estimate of drug-likeness (QED) is 0.804. The summed E-state index contributed by atoms with van der Waals surface area (Å²) in [6.45, 7) is 3.70. The van der Waals surface area contributed by atoms with Crippen LogP contribution in [0.1, 0.15) is 29.3 Å². The van der Waals surface area contributed by atoms with Gasteiger partial charge in [0.15, 0.2) is 0 Å². The number of anilines is 1. The maximum atomic E-state index is 11.6. The van der Waals surface area contributed by atoms with Gasteiger partial charge in [-0.1, -0.05) is 0 Å². The molecule has 0 aromatic carbocycles. The lowest BCUT2D eigenvalue weighted by Gasteiger charge is -2.14. The van der Waals surface area contributed by atoms with Gasteiger partial charge in [-0.3, -0.25) is 0 Å². The van der Waals surface area contributed by atoms with E-state index in [1.165, 1.54) is 7.11 Å². The largest absolute Gasteiger partial charge is 0.465 e. The number of nitrogens with one attached hydrogen (secondary N) is 1. The second kappa shape index (κ2) is 5.85. The van der Waals surface area contributed by atoms with Crippen LogP contribution in [0.5, 0.6) is 0 Å². The number of nitrogens with zero attached hydrogens (tertiary/aromatic N) is 2. The van der Waals surface area contributed by atoms with Gasteiger partial charge >= 0.3 is 5.97 Å². The third-order valence-corrected chi connectivity index (χ3v) is 2.21. The molecule has 1 N–H and O–H groups in total. The van der Waals surface area contributed by atoms with Crippen molar-refractivity contribution in [2.75, 3.05) is 12.4 Å². The Morgan fingerprint density at radius 1 is 1.71 bits per heavy atom. The van der Waals surface area contributed by atoms with Crippen molar-refractivity contribution in [2.24, 2.45) is 0 Å². The summed E-state index contributed by atoms with van der Waals surface area (Å²) in [6.07, 6.45) is 2.00. The van der Waals surface area contributed by atoms with E-state index in [1.807, 2.05) is 13.8 Å². The van der Waals surface area contributed by atoms with Crippen molar-refractivity contribution in [1.29, 1.82) is 5.26 Å². The molecule has 0 saturated heterocycles. The van der Waals surface area contributed by atoms with Crippen LogP contribution in [0.2, 0.25) is 0 Å². The Bertz CT molecular complexity index is 452. The van der Waals surface area contributed by atoms with Gasteiger partial charge in [-0.2, -0.15) is 5.26 Å². The normalized spacial score (nSPS) is 11.4. The SMILES string of the molecule is COC(=O)c1cc(C)cnc1N[C@H](C)CC#N. The Morgan fingerprint density at radius 3 is 3.00 bits per heavy atom. The highest BCUT2D eigenvalue weighted by Crippen LogP contribution is 2.16. The first kappa shape index (κ1) is 13.0. The van der Waals surface area contributed by atoms with Crippen molar-refractivity contribution in [3.8, 4) is 6.07 Å². The minimum Gasteiger partial charge on any atom is -0.465 e. The lowest BCUT2D eigenvalue weighted by atomic mass is 10.2. The van der Waals surface area contributed by atoms with Crippen molar-refractivity contribution < 1.29 is 9.53 Å². The second-order valence-corrected chi connectivity index (χ2v) is 3.81. The van der Waals surface area contributed by atoms with Gasteiger partial charge in [0.05, 0.1) is 19.6 Å². The first-order valence-electron chi connectivity index (χ1n) is 5.27. The number of methoxy groups -OCH3 is 1. The first-order valence-corrected chi connectivity index (χ1v) is 5.27. The third kappa shape index (κ3) is 3.45. The number of rotatable bonds is 4. The van der Waals surface area contributed by atoms with Crippen molar-refractivity contribution in [1.82, 2.24) is 4.98 Å². The molecule has 0 unspecified atom stereocenters. The molecule has 5 nitrogen and oxygen atoms in total. The number of hydrogen-bond acceptors (Lipinski definition) is 5. The fourth-order valence-corrected chi connectivity index (χ4v) is 1.37. The van der Waals surface area contributed by atoms with E-state index >= 15 is 0 Å². The fraction of sp³-hybridized carbons (Fsp3) is 0.417. The molecule has 90 valence electrons. The maximum absolute atomic E-state index is 11.6. The highest BCUT2D eigenvalue weighted by Gasteiger charge is 2.14. The van der Waals surface area contributed by atoms with Crippen LogP contribution in [0, 0.1) is 18.3 Å². The molecule has 0 bridgehead atoms. The van der Waals surface area contributed by atoms with Crippen LogP contribution in [-0.4, -0.2) is 24.1 Å². The minimum atomic E-state index is -0.437. The minimum absolute atomic E-state index is 0.0707. The number of nitriles is 1. The zero-order valence-electron chi connectivity index (χ0n) is 10.2. The van der Waals surface area contributed by atoms with Crippen LogP contribution >= 0.6 is 0 Å². The molecule has 0 radical (unpaired) electrons. The number of hydrogen-bond donors (Lipinski definition) is 1. The van der Waals surface area contributed by atoms with E-state index in [4.69, 9.17) is 5.26 Å². The Balaban J connectivity index is 2.98. The molecule has 0 aliphatic rings. The molecule has 0 aliphatic carbocycles. The number of aryl methyl sites for hydroxylation is 1. The molecule has 1 rings (SSSR count). The molecule has 1 heterocycles. The van der Waals surface area contributed by atoms with Gasteiger partial charge in [-0.05, 0) is 25.5 Å².